The zero-order valence-electron chi connectivity index (χ0n) is 10.1. The number of nitro groups is 1. The maximum Gasteiger partial charge on any atom is 0.269 e. The van der Waals surface area contributed by atoms with Crippen LogP contribution in [0.2, 0.25) is 0 Å². The van der Waals surface area contributed by atoms with E-state index < -0.39 is 4.92 Å². The van der Waals surface area contributed by atoms with E-state index in [0.29, 0.717) is 10.5 Å². The molecule has 1 aromatic heterocycles. The van der Waals surface area contributed by atoms with Crippen LogP contribution in [0.3, 0.4) is 0 Å². The van der Waals surface area contributed by atoms with Crippen LogP contribution in [0, 0.1) is 10.1 Å². The topological polar surface area (TPSA) is 115 Å². The number of nitrogens with zero attached hydrogens (tertiary/aromatic N) is 3. The Morgan fingerprint density at radius 3 is 2.65 bits per heavy atom. The Hall–Kier alpha value is -2.61. The molecule has 102 valence electrons. The minimum Gasteiger partial charge on any atom is -0.409 e. The fraction of sp³-hybridized carbons (Fsp3) is 0. The minimum atomic E-state index is -0.458. The van der Waals surface area contributed by atoms with Crippen LogP contribution in [0.5, 0.6) is 0 Å². The molecule has 0 unspecified atom stereocenters. The average molecular weight is 290 g/mol. The first kappa shape index (κ1) is 13.8. The van der Waals surface area contributed by atoms with Gasteiger partial charge in [-0.25, -0.2) is 0 Å². The Kier molecular flexibility index (Phi) is 4.16. The van der Waals surface area contributed by atoms with E-state index in [1.807, 2.05) is 0 Å². The average Bonchev–Trinajstić information content (AvgIpc) is 2.47. The van der Waals surface area contributed by atoms with Crippen molar-refractivity contribution in [3.63, 3.8) is 0 Å². The summed E-state index contributed by atoms with van der Waals surface area (Å²) in [7, 11) is 0. The largest absolute Gasteiger partial charge is 0.409 e. The SMILES string of the molecule is N/C(=N/O)c1ccncc1Sc1ccc([N+](=O)[O-])cc1. The second-order valence-corrected chi connectivity index (χ2v) is 4.83. The Morgan fingerprint density at radius 2 is 2.05 bits per heavy atom. The van der Waals surface area contributed by atoms with E-state index in [4.69, 9.17) is 10.9 Å². The number of aromatic nitrogens is 1. The van der Waals surface area contributed by atoms with Gasteiger partial charge in [-0.3, -0.25) is 15.1 Å². The van der Waals surface area contributed by atoms with Gasteiger partial charge in [-0.15, -0.1) is 0 Å². The molecule has 0 aliphatic carbocycles. The molecule has 0 saturated carbocycles. The van der Waals surface area contributed by atoms with Gasteiger partial charge in [0, 0.05) is 39.9 Å². The van der Waals surface area contributed by atoms with Crippen molar-refractivity contribution in [1.29, 1.82) is 0 Å². The van der Waals surface area contributed by atoms with Crippen molar-refractivity contribution in [1.82, 2.24) is 4.98 Å². The first-order valence-corrected chi connectivity index (χ1v) is 6.27. The highest BCUT2D eigenvalue weighted by molar-refractivity contribution is 7.99. The fourth-order valence-electron chi connectivity index (χ4n) is 1.49. The molecule has 0 aliphatic rings. The number of amidine groups is 1. The molecule has 0 radical (unpaired) electrons. The quantitative estimate of drug-likeness (QED) is 0.293. The third-order valence-corrected chi connectivity index (χ3v) is 3.50. The van der Waals surface area contributed by atoms with Crippen LogP contribution in [0.1, 0.15) is 5.56 Å². The molecule has 0 fully saturated rings. The molecule has 2 aromatic rings. The van der Waals surface area contributed by atoms with E-state index in [9.17, 15) is 10.1 Å². The molecular weight excluding hydrogens is 280 g/mol. The Labute approximate surface area is 118 Å². The molecule has 0 bridgehead atoms. The number of hydrogen-bond donors (Lipinski definition) is 2. The number of oxime groups is 1. The molecule has 8 heteroatoms. The second kappa shape index (κ2) is 6.02. The van der Waals surface area contributed by atoms with Crippen molar-refractivity contribution >= 4 is 23.3 Å². The minimum absolute atomic E-state index is 0.0168. The van der Waals surface area contributed by atoms with E-state index in [1.165, 1.54) is 30.1 Å². The zero-order valence-corrected chi connectivity index (χ0v) is 10.9. The van der Waals surface area contributed by atoms with Crippen molar-refractivity contribution in [3.8, 4) is 0 Å². The molecule has 0 spiro atoms. The summed E-state index contributed by atoms with van der Waals surface area (Å²) < 4.78 is 0. The highest BCUT2D eigenvalue weighted by Gasteiger charge is 2.10. The van der Waals surface area contributed by atoms with Crippen LogP contribution in [0.15, 0.2) is 57.7 Å². The van der Waals surface area contributed by atoms with Gasteiger partial charge in [-0.1, -0.05) is 16.9 Å². The van der Waals surface area contributed by atoms with Crippen molar-refractivity contribution < 1.29 is 10.1 Å². The molecular formula is C12H10N4O3S. The van der Waals surface area contributed by atoms with Gasteiger partial charge in [0.05, 0.1) is 4.92 Å². The van der Waals surface area contributed by atoms with Gasteiger partial charge >= 0.3 is 0 Å². The van der Waals surface area contributed by atoms with Crippen LogP contribution in [-0.2, 0) is 0 Å². The van der Waals surface area contributed by atoms with Crippen LogP contribution >= 0.6 is 11.8 Å². The van der Waals surface area contributed by atoms with Gasteiger partial charge < -0.3 is 10.9 Å². The second-order valence-electron chi connectivity index (χ2n) is 3.71. The predicted octanol–water partition coefficient (Wildman–Crippen LogP) is 2.24. The first-order chi connectivity index (χ1) is 9.61. The summed E-state index contributed by atoms with van der Waals surface area (Å²) in [6, 6.07) is 7.73. The van der Waals surface area contributed by atoms with E-state index in [1.54, 1.807) is 24.4 Å². The smallest absolute Gasteiger partial charge is 0.269 e. The van der Waals surface area contributed by atoms with Crippen molar-refractivity contribution in [2.75, 3.05) is 0 Å². The van der Waals surface area contributed by atoms with Gasteiger partial charge in [0.2, 0.25) is 0 Å². The van der Waals surface area contributed by atoms with E-state index >= 15 is 0 Å². The summed E-state index contributed by atoms with van der Waals surface area (Å²) in [5.41, 5.74) is 6.15. The van der Waals surface area contributed by atoms with Crippen LogP contribution in [0.25, 0.3) is 0 Å². The highest BCUT2D eigenvalue weighted by atomic mass is 32.2. The maximum atomic E-state index is 10.6. The third kappa shape index (κ3) is 3.04. The number of nitrogens with two attached hydrogens (primary N) is 1. The standard InChI is InChI=1S/C12H10N4O3S/c13-12(15-17)10-5-6-14-7-11(10)20-9-3-1-8(2-4-9)16(18)19/h1-7,17H,(H2,13,15). The lowest BCUT2D eigenvalue weighted by Gasteiger charge is -2.06. The molecule has 7 nitrogen and oxygen atoms in total. The first-order valence-electron chi connectivity index (χ1n) is 5.46. The van der Waals surface area contributed by atoms with Gasteiger partial charge in [0.25, 0.3) is 5.69 Å². The summed E-state index contributed by atoms with van der Waals surface area (Å²) in [4.78, 5) is 15.6. The summed E-state index contributed by atoms with van der Waals surface area (Å²) in [5, 5.41) is 22.3. The Bertz CT molecular complexity index is 658. The van der Waals surface area contributed by atoms with Crippen LogP contribution in [0.4, 0.5) is 5.69 Å². The highest BCUT2D eigenvalue weighted by Crippen LogP contribution is 2.30. The predicted molar refractivity (Wildman–Crippen MR) is 74.0 cm³/mol. The van der Waals surface area contributed by atoms with Crippen molar-refractivity contribution in [3.05, 3.63) is 58.4 Å². The third-order valence-electron chi connectivity index (χ3n) is 2.44. The molecule has 3 N–H and O–H groups in total. The summed E-state index contributed by atoms with van der Waals surface area (Å²) >= 11 is 1.32. The number of non-ortho nitro benzene ring substituents is 1. The lowest BCUT2D eigenvalue weighted by molar-refractivity contribution is -0.384. The molecule has 1 heterocycles. The van der Waals surface area contributed by atoms with Crippen LogP contribution in [-0.4, -0.2) is 21.0 Å². The van der Waals surface area contributed by atoms with E-state index in [-0.39, 0.29) is 11.5 Å². The Balaban J connectivity index is 2.28. The molecule has 0 aliphatic heterocycles. The lowest BCUT2D eigenvalue weighted by Crippen LogP contribution is -2.14. The molecule has 20 heavy (non-hydrogen) atoms. The van der Waals surface area contributed by atoms with Gasteiger partial charge in [0.15, 0.2) is 5.84 Å². The Morgan fingerprint density at radius 1 is 1.35 bits per heavy atom. The van der Waals surface area contributed by atoms with Gasteiger partial charge in [0.1, 0.15) is 0 Å². The lowest BCUT2D eigenvalue weighted by atomic mass is 10.2. The summed E-state index contributed by atoms with van der Waals surface area (Å²) in [6.07, 6.45) is 3.12. The van der Waals surface area contributed by atoms with Crippen molar-refractivity contribution in [2.45, 2.75) is 9.79 Å². The molecule has 2 rings (SSSR count). The number of rotatable bonds is 4. The normalized spacial score (nSPS) is 11.3. The van der Waals surface area contributed by atoms with Gasteiger partial charge in [-0.05, 0) is 18.2 Å². The van der Waals surface area contributed by atoms with Gasteiger partial charge in [-0.2, -0.15) is 0 Å². The summed E-state index contributed by atoms with van der Waals surface area (Å²) in [5.74, 6) is -0.0168. The molecule has 0 saturated heterocycles. The molecule has 0 amide bonds. The number of benzene rings is 1. The maximum absolute atomic E-state index is 10.6. The van der Waals surface area contributed by atoms with E-state index in [2.05, 4.69) is 10.1 Å². The number of pyridine rings is 1. The summed E-state index contributed by atoms with van der Waals surface area (Å²) in [6.45, 7) is 0. The van der Waals surface area contributed by atoms with Crippen molar-refractivity contribution in [2.24, 2.45) is 10.9 Å². The zero-order chi connectivity index (χ0) is 14.5. The monoisotopic (exact) mass is 290 g/mol. The number of nitro benzene ring substituents is 1. The van der Waals surface area contributed by atoms with E-state index in [0.717, 1.165) is 4.90 Å². The number of hydrogen-bond acceptors (Lipinski definition) is 6. The molecule has 1 aromatic carbocycles. The van der Waals surface area contributed by atoms with Crippen LogP contribution < -0.4 is 5.73 Å². The fourth-order valence-corrected chi connectivity index (χ4v) is 2.41. The molecule has 0 atom stereocenters.